The Morgan fingerprint density at radius 2 is 1.28 bits per heavy atom. The highest BCUT2D eigenvalue weighted by Gasteiger charge is 2.40. The van der Waals surface area contributed by atoms with Crippen LogP contribution in [0.2, 0.25) is 0 Å². The third-order valence-corrected chi connectivity index (χ3v) is 12.5. The first kappa shape index (κ1) is 63.2. The molecule has 1 aromatic carbocycles. The van der Waals surface area contributed by atoms with E-state index in [9.17, 15) is 68.1 Å². The van der Waals surface area contributed by atoms with Crippen molar-refractivity contribution < 1.29 is 68.1 Å². The lowest BCUT2D eigenvalue weighted by atomic mass is 10.0. The lowest BCUT2D eigenvalue weighted by Crippen LogP contribution is -2.60. The summed E-state index contributed by atoms with van der Waals surface area (Å²) >= 11 is 2.79. The van der Waals surface area contributed by atoms with Gasteiger partial charge in [-0.2, -0.15) is 23.5 Å². The summed E-state index contributed by atoms with van der Waals surface area (Å²) in [6.07, 6.45) is 2.61. The van der Waals surface area contributed by atoms with Gasteiger partial charge < -0.3 is 86.1 Å². The maximum absolute atomic E-state index is 13.8. The van der Waals surface area contributed by atoms with Crippen LogP contribution in [0.4, 0.5) is 0 Å². The molecule has 0 bridgehead atoms. The monoisotopic (exact) mass is 1080 g/mol. The first-order valence-corrected chi connectivity index (χ1v) is 26.2. The fourth-order valence-corrected chi connectivity index (χ4v) is 8.23. The van der Waals surface area contributed by atoms with Crippen molar-refractivity contribution in [3.8, 4) is 5.75 Å². The first-order valence-electron chi connectivity index (χ1n) is 23.4. The van der Waals surface area contributed by atoms with Crippen LogP contribution in [0.25, 0.3) is 0 Å². The van der Waals surface area contributed by atoms with Gasteiger partial charge in [0.2, 0.25) is 59.1 Å². The molecule has 2 rings (SSSR count). The highest BCUT2D eigenvalue weighted by Crippen LogP contribution is 2.20. The van der Waals surface area contributed by atoms with Gasteiger partial charge in [-0.05, 0) is 86.7 Å². The number of hydrogen-bond donors (Lipinski definition) is 15. The summed E-state index contributed by atoms with van der Waals surface area (Å²) in [5.41, 5.74) is 28.0. The van der Waals surface area contributed by atoms with Gasteiger partial charge in [-0.15, -0.1) is 0 Å². The summed E-state index contributed by atoms with van der Waals surface area (Å²) in [6.45, 7) is -1.81. The van der Waals surface area contributed by atoms with E-state index in [1.54, 1.807) is 6.26 Å². The molecular formula is C44H70N14O14S2. The van der Waals surface area contributed by atoms with Gasteiger partial charge in [-0.1, -0.05) is 12.1 Å². The number of hydrogen-bond acceptors (Lipinski definition) is 17. The number of aromatic hydroxyl groups is 1. The van der Waals surface area contributed by atoms with E-state index >= 15 is 0 Å². The number of primary amides is 2. The molecule has 1 saturated heterocycles. The summed E-state index contributed by atoms with van der Waals surface area (Å²) in [6, 6.07) is -5.57. The van der Waals surface area contributed by atoms with Crippen LogP contribution in [-0.2, 0) is 59.2 Å². The summed E-state index contributed by atoms with van der Waals surface area (Å²) < 4.78 is 0. The normalized spacial score (nSPS) is 15.8. The van der Waals surface area contributed by atoms with E-state index in [0.29, 0.717) is 23.5 Å². The van der Waals surface area contributed by atoms with E-state index in [0.717, 1.165) is 4.90 Å². The Morgan fingerprint density at radius 1 is 0.703 bits per heavy atom. The molecule has 1 aliphatic rings. The van der Waals surface area contributed by atoms with Crippen molar-refractivity contribution >= 4 is 94.5 Å². The average Bonchev–Trinajstić information content (AvgIpc) is 3.85. The number of likely N-dealkylation sites (tertiary alicyclic amines) is 1. The lowest BCUT2D eigenvalue weighted by molar-refractivity contribution is -0.144. The second-order valence-corrected chi connectivity index (χ2v) is 19.0. The van der Waals surface area contributed by atoms with Crippen LogP contribution in [-0.4, -0.2) is 190 Å². The van der Waals surface area contributed by atoms with Gasteiger partial charge in [0.25, 0.3) is 0 Å². The van der Waals surface area contributed by atoms with Gasteiger partial charge in [-0.3, -0.25) is 52.9 Å². The number of aliphatic carboxylic acids is 1. The maximum atomic E-state index is 13.8. The number of nitrogens with one attached hydrogen (secondary N) is 7. The fraction of sp³-hybridized carbons (Fsp3) is 0.591. The van der Waals surface area contributed by atoms with Crippen LogP contribution >= 0.6 is 23.5 Å². The minimum Gasteiger partial charge on any atom is -0.508 e. The molecule has 10 amide bonds. The van der Waals surface area contributed by atoms with Crippen LogP contribution in [0, 0.1) is 0 Å². The van der Waals surface area contributed by atoms with Gasteiger partial charge in [0.1, 0.15) is 48.0 Å². The number of aliphatic hydroxyl groups excluding tert-OH is 1. The lowest BCUT2D eigenvalue weighted by Gasteiger charge is -2.30. The van der Waals surface area contributed by atoms with Crippen molar-refractivity contribution in [2.45, 2.75) is 113 Å². The van der Waals surface area contributed by atoms with Crippen molar-refractivity contribution in [2.24, 2.45) is 33.7 Å². The number of benzene rings is 1. The van der Waals surface area contributed by atoms with Gasteiger partial charge in [-0.25, -0.2) is 4.79 Å². The van der Waals surface area contributed by atoms with E-state index in [1.807, 2.05) is 6.26 Å². The smallest absolute Gasteiger partial charge is 0.326 e. The predicted molar refractivity (Wildman–Crippen MR) is 272 cm³/mol. The van der Waals surface area contributed by atoms with Crippen LogP contribution in [0.1, 0.15) is 63.4 Å². The molecule has 0 aromatic heterocycles. The zero-order valence-electron chi connectivity index (χ0n) is 41.2. The molecule has 20 N–H and O–H groups in total. The number of phenols is 1. The summed E-state index contributed by atoms with van der Waals surface area (Å²) in [4.78, 5) is 149. The van der Waals surface area contributed by atoms with Gasteiger partial charge >= 0.3 is 5.97 Å². The Labute approximate surface area is 435 Å². The quantitative estimate of drug-likeness (QED) is 0.0174. The zero-order valence-corrected chi connectivity index (χ0v) is 42.8. The zero-order chi connectivity index (χ0) is 55.5. The number of carbonyl (C=O) groups is 11. The molecule has 28 nitrogen and oxygen atoms in total. The number of carboxylic acid groups (broad SMARTS) is 1. The Morgan fingerprint density at radius 3 is 1.86 bits per heavy atom. The Balaban J connectivity index is 2.27. The van der Waals surface area contributed by atoms with E-state index in [1.165, 1.54) is 47.8 Å². The van der Waals surface area contributed by atoms with Crippen LogP contribution in [0.5, 0.6) is 5.75 Å². The minimum atomic E-state index is -1.74. The number of aliphatic hydroxyl groups is 1. The number of guanidine groups is 1. The second-order valence-electron chi connectivity index (χ2n) is 17.0. The largest absolute Gasteiger partial charge is 0.508 e. The Kier molecular flexibility index (Phi) is 28.2. The van der Waals surface area contributed by atoms with Crippen molar-refractivity contribution in [3.05, 3.63) is 29.8 Å². The summed E-state index contributed by atoms with van der Waals surface area (Å²) in [7, 11) is 0. The number of thioether (sulfide) groups is 2. The molecule has 1 aromatic rings. The number of rotatable bonds is 34. The van der Waals surface area contributed by atoms with E-state index in [2.05, 4.69) is 42.2 Å². The van der Waals surface area contributed by atoms with Crippen molar-refractivity contribution in [1.82, 2.24) is 42.1 Å². The molecule has 74 heavy (non-hydrogen) atoms. The number of carbonyl (C=O) groups excluding carboxylic acids is 10. The Bertz CT molecular complexity index is 2150. The molecule has 1 aliphatic heterocycles. The molecule has 0 saturated carbocycles. The number of aliphatic imine (C=N–C) groups is 1. The van der Waals surface area contributed by atoms with Crippen LogP contribution in [0.3, 0.4) is 0 Å². The topological polar surface area (TPSA) is 478 Å². The van der Waals surface area contributed by atoms with Crippen LogP contribution in [0.15, 0.2) is 29.3 Å². The summed E-state index contributed by atoms with van der Waals surface area (Å²) in [5, 5.41) is 46.6. The molecule has 1 fully saturated rings. The van der Waals surface area contributed by atoms with Gasteiger partial charge in [0, 0.05) is 25.9 Å². The minimum absolute atomic E-state index is 0.0145. The number of phenolic OH excluding ortho intramolecular Hbond substituents is 1. The highest BCUT2D eigenvalue weighted by atomic mass is 32.2. The molecule has 1 heterocycles. The van der Waals surface area contributed by atoms with E-state index in [-0.39, 0.29) is 63.3 Å². The molecule has 30 heteroatoms. The molecule has 0 spiro atoms. The fourth-order valence-electron chi connectivity index (χ4n) is 7.27. The number of amides is 10. The Hall–Kier alpha value is -6.92. The van der Waals surface area contributed by atoms with Crippen molar-refractivity contribution in [1.29, 1.82) is 0 Å². The highest BCUT2D eigenvalue weighted by molar-refractivity contribution is 7.98. The third kappa shape index (κ3) is 22.9. The van der Waals surface area contributed by atoms with E-state index < -0.39 is 146 Å². The molecule has 412 valence electrons. The van der Waals surface area contributed by atoms with Crippen molar-refractivity contribution in [2.75, 3.05) is 50.3 Å². The third-order valence-electron chi connectivity index (χ3n) is 11.2. The molecular weight excluding hydrogens is 1010 g/mol. The average molecular weight is 1080 g/mol. The first-order chi connectivity index (χ1) is 35.0. The number of carboxylic acids is 1. The van der Waals surface area contributed by atoms with Crippen molar-refractivity contribution in [3.63, 3.8) is 0 Å². The van der Waals surface area contributed by atoms with E-state index in [4.69, 9.17) is 28.7 Å². The second kappa shape index (κ2) is 33.0. The molecule has 0 unspecified atom stereocenters. The predicted octanol–water partition coefficient (Wildman–Crippen LogP) is -5.94. The van der Waals surface area contributed by atoms with Gasteiger partial charge in [0.05, 0.1) is 25.6 Å². The molecule has 0 radical (unpaired) electrons. The molecule has 8 atom stereocenters. The number of nitrogens with zero attached hydrogens (tertiary/aromatic N) is 2. The molecule has 0 aliphatic carbocycles. The SMILES string of the molecule is CSCC[C@H](NC(=O)[C@H](CC(N)=O)NC(=O)[C@@H]1CCCN1C(=O)[C@H](CO)NC(=O)[C@H](CCC(N)=O)NC(=O)CNC(=O)[C@H](Cc1ccc(O)cc1)NC(=O)[C@H](CCCN=C(N)N)NC(=O)[C@@H](N)CCSC)C(=O)O. The van der Waals surface area contributed by atoms with Crippen LogP contribution < -0.4 is 65.9 Å². The van der Waals surface area contributed by atoms with Gasteiger partial charge in [0.15, 0.2) is 5.96 Å². The maximum Gasteiger partial charge on any atom is 0.326 e. The standard InChI is InChI=1S/C44H70N14O14S2/c1-73-17-13-25(45)36(64)53-26(5-3-15-50-44(48)49)38(66)55-29(19-23-7-9-24(60)10-8-23)37(65)51-21-35(63)52-27(11-12-33(46)61)39(67)57-31(22-59)42(70)58-16-4-6-32(58)41(69)56-30(20-34(47)62)40(68)54-28(43(71)72)14-18-74-2/h7-10,25-32,59-60H,3-6,11-22,45H2,1-2H3,(H2,46,61)(H2,47,62)(H,51,65)(H,52,63)(H,53,64)(H,54,68)(H,55,66)(H,56,69)(H,57,67)(H,71,72)(H4,48,49,50)/t25-,26-,27-,28-,29-,30-,31-,32-/m0/s1. The summed E-state index contributed by atoms with van der Waals surface area (Å²) in [5.74, 6) is -9.95. The number of nitrogens with two attached hydrogens (primary N) is 5.